The maximum absolute atomic E-state index is 12.7. The molecule has 220 valence electrons. The highest BCUT2D eigenvalue weighted by Crippen LogP contribution is 2.61. The van der Waals surface area contributed by atoms with Crippen molar-refractivity contribution in [3.8, 4) is 5.75 Å². The van der Waals surface area contributed by atoms with Gasteiger partial charge in [-0.2, -0.15) is 26.3 Å². The molecule has 9 heteroatoms. The topological polar surface area (TPSA) is 27.7 Å². The smallest absolute Gasteiger partial charge is 0.423 e. The zero-order chi connectivity index (χ0) is 28.5. The minimum absolute atomic E-state index is 0.0198. The van der Waals surface area contributed by atoms with Crippen LogP contribution in [0.5, 0.6) is 5.75 Å². The predicted molar refractivity (Wildman–Crippen MR) is 138 cm³/mol. The molecule has 3 aliphatic rings. The Morgan fingerprint density at radius 1 is 0.900 bits per heavy atom. The predicted octanol–water partition coefficient (Wildman–Crippen LogP) is 8.41. The van der Waals surface area contributed by atoms with Gasteiger partial charge in [-0.1, -0.05) is 43.3 Å². The molecule has 3 aliphatic carbocycles. The summed E-state index contributed by atoms with van der Waals surface area (Å²) in [7, 11) is 0. The Morgan fingerprint density at radius 2 is 1.65 bits per heavy atom. The average molecular weight is 571 g/mol. The summed E-state index contributed by atoms with van der Waals surface area (Å²) in [5.41, 5.74) is 3.86. The molecule has 0 bridgehead atoms. The highest BCUT2D eigenvalue weighted by molar-refractivity contribution is 5.41. The molecule has 40 heavy (non-hydrogen) atoms. The minimum atomic E-state index is -5.49. The van der Waals surface area contributed by atoms with Crippen LogP contribution in [-0.2, 0) is 22.5 Å². The van der Waals surface area contributed by atoms with E-state index in [2.05, 4.69) is 29.9 Å². The lowest BCUT2D eigenvalue weighted by molar-refractivity contribution is -0.322. The number of hydrogen-bond donors (Lipinski definition) is 0. The van der Waals surface area contributed by atoms with E-state index in [9.17, 15) is 26.3 Å². The number of fused-ring (bicyclic) bond motifs is 5. The highest BCUT2D eigenvalue weighted by atomic mass is 19.4. The molecule has 0 spiro atoms. The van der Waals surface area contributed by atoms with Crippen molar-refractivity contribution in [3.05, 3.63) is 65.2 Å². The van der Waals surface area contributed by atoms with Crippen LogP contribution in [0, 0.1) is 17.3 Å². The van der Waals surface area contributed by atoms with Gasteiger partial charge in [0.2, 0.25) is 6.10 Å². The van der Waals surface area contributed by atoms with Crippen molar-refractivity contribution in [2.24, 2.45) is 17.3 Å². The second-order valence-corrected chi connectivity index (χ2v) is 11.7. The molecule has 2 aromatic carbocycles. The first-order valence-electron chi connectivity index (χ1n) is 14.1. The molecule has 2 fully saturated rings. The van der Waals surface area contributed by atoms with E-state index in [0.29, 0.717) is 24.4 Å². The lowest BCUT2D eigenvalue weighted by Crippen LogP contribution is -2.45. The van der Waals surface area contributed by atoms with Gasteiger partial charge in [0.05, 0.1) is 6.10 Å². The fourth-order valence-corrected chi connectivity index (χ4v) is 7.48. The molecule has 0 saturated heterocycles. The molecule has 2 aromatic rings. The summed E-state index contributed by atoms with van der Waals surface area (Å²) in [5.74, 6) is 2.39. The van der Waals surface area contributed by atoms with E-state index in [-0.39, 0.29) is 24.5 Å². The van der Waals surface area contributed by atoms with E-state index in [0.717, 1.165) is 49.8 Å². The first-order valence-corrected chi connectivity index (χ1v) is 14.1. The summed E-state index contributed by atoms with van der Waals surface area (Å²) < 4.78 is 92.4. The largest absolute Gasteiger partial charge is 0.489 e. The number of rotatable bonds is 9. The van der Waals surface area contributed by atoms with E-state index in [1.54, 1.807) is 0 Å². The molecule has 5 rings (SSSR count). The Morgan fingerprint density at radius 3 is 2.38 bits per heavy atom. The van der Waals surface area contributed by atoms with Crippen LogP contribution < -0.4 is 4.74 Å². The highest BCUT2D eigenvalue weighted by Gasteiger charge is 2.58. The van der Waals surface area contributed by atoms with E-state index in [1.165, 1.54) is 11.1 Å². The van der Waals surface area contributed by atoms with Gasteiger partial charge in [-0.05, 0) is 96.9 Å². The first-order chi connectivity index (χ1) is 19.0. The van der Waals surface area contributed by atoms with Gasteiger partial charge < -0.3 is 14.2 Å². The molecule has 0 radical (unpaired) electrons. The van der Waals surface area contributed by atoms with Crippen LogP contribution in [0.2, 0.25) is 0 Å². The van der Waals surface area contributed by atoms with Crippen molar-refractivity contribution >= 4 is 0 Å². The van der Waals surface area contributed by atoms with Crippen molar-refractivity contribution in [2.75, 3.05) is 13.2 Å². The first kappa shape index (κ1) is 29.2. The summed E-state index contributed by atoms with van der Waals surface area (Å²) >= 11 is 0. The Bertz CT molecular complexity index is 1120. The van der Waals surface area contributed by atoms with Crippen molar-refractivity contribution in [1.82, 2.24) is 0 Å². The second-order valence-electron chi connectivity index (χ2n) is 11.7. The number of ether oxygens (including phenoxy) is 3. The molecule has 0 amide bonds. The summed E-state index contributed by atoms with van der Waals surface area (Å²) in [6.07, 6.45) is -8.81. The molecule has 2 saturated carbocycles. The standard InChI is InChI=1S/C31H36F6O3/c1-29-15-14-24-23-11-9-22(40-19-20-6-3-2-4-7-20)18-21(23)8-10-25(24)26(29)12-13-27(29)38-16-5-17-39-28(30(32,33)34)31(35,36)37/h2-4,6-7,9,11,18,24-28H,5,8,10,12-17,19H2,1H3/t24-,25-,26+,27?,29+/m1/s1. The number of aryl methyl sites for hydroxylation is 1. The zero-order valence-corrected chi connectivity index (χ0v) is 22.6. The van der Waals surface area contributed by atoms with Crippen molar-refractivity contribution in [3.63, 3.8) is 0 Å². The summed E-state index contributed by atoms with van der Waals surface area (Å²) in [5, 5.41) is 0. The molecular formula is C31H36F6O3. The third-order valence-electron chi connectivity index (χ3n) is 9.35. The van der Waals surface area contributed by atoms with Crippen molar-refractivity contribution in [1.29, 1.82) is 0 Å². The maximum atomic E-state index is 12.7. The normalized spacial score (nSPS) is 28.2. The van der Waals surface area contributed by atoms with Crippen molar-refractivity contribution in [2.45, 2.75) is 89.0 Å². The average Bonchev–Trinajstić information content (AvgIpc) is 3.24. The molecule has 1 unspecified atom stereocenters. The van der Waals surface area contributed by atoms with Gasteiger partial charge in [-0.3, -0.25) is 0 Å². The Balaban J connectivity index is 1.14. The van der Waals surface area contributed by atoms with Crippen LogP contribution in [0.3, 0.4) is 0 Å². The molecule has 0 aliphatic heterocycles. The lowest BCUT2D eigenvalue weighted by atomic mass is 9.55. The summed E-state index contributed by atoms with van der Waals surface area (Å²) in [4.78, 5) is 0. The van der Waals surface area contributed by atoms with Gasteiger partial charge in [0.15, 0.2) is 0 Å². The molecule has 0 aromatic heterocycles. The zero-order valence-electron chi connectivity index (χ0n) is 22.6. The van der Waals surface area contributed by atoms with Crippen molar-refractivity contribution < 1.29 is 40.6 Å². The lowest BCUT2D eigenvalue weighted by Gasteiger charge is -2.50. The SMILES string of the molecule is C[C@]12CC[C@@H]3c4ccc(OCc5ccccc5)cc4CC[C@H]3[C@@H]1CCC2OCCCOC(C(F)(F)F)C(F)(F)F. The second kappa shape index (κ2) is 11.6. The summed E-state index contributed by atoms with van der Waals surface area (Å²) in [6.45, 7) is 2.21. The van der Waals surface area contributed by atoms with Gasteiger partial charge >= 0.3 is 12.4 Å². The number of benzene rings is 2. The van der Waals surface area contributed by atoms with Crippen LogP contribution in [0.4, 0.5) is 26.3 Å². The van der Waals surface area contributed by atoms with E-state index in [4.69, 9.17) is 9.47 Å². The fourth-order valence-electron chi connectivity index (χ4n) is 7.48. The molecule has 3 nitrogen and oxygen atoms in total. The molecular weight excluding hydrogens is 534 g/mol. The van der Waals surface area contributed by atoms with Crippen LogP contribution >= 0.6 is 0 Å². The van der Waals surface area contributed by atoms with Gasteiger partial charge in [0, 0.05) is 13.2 Å². The molecule has 5 atom stereocenters. The van der Waals surface area contributed by atoms with Crippen LogP contribution in [0.25, 0.3) is 0 Å². The van der Waals surface area contributed by atoms with E-state index >= 15 is 0 Å². The number of halogens is 6. The van der Waals surface area contributed by atoms with Gasteiger partial charge in [0.1, 0.15) is 12.4 Å². The fraction of sp³-hybridized carbons (Fsp3) is 0.613. The number of alkyl halides is 6. The third-order valence-corrected chi connectivity index (χ3v) is 9.35. The summed E-state index contributed by atoms with van der Waals surface area (Å²) in [6, 6.07) is 16.6. The van der Waals surface area contributed by atoms with E-state index in [1.807, 2.05) is 30.3 Å². The van der Waals surface area contributed by atoms with Crippen LogP contribution in [0.1, 0.15) is 68.1 Å². The van der Waals surface area contributed by atoms with Crippen LogP contribution in [-0.4, -0.2) is 37.8 Å². The number of hydrogen-bond acceptors (Lipinski definition) is 3. The molecule has 0 N–H and O–H groups in total. The van der Waals surface area contributed by atoms with Gasteiger partial charge in [0.25, 0.3) is 0 Å². The van der Waals surface area contributed by atoms with Gasteiger partial charge in [-0.25, -0.2) is 0 Å². The Hall–Kier alpha value is -2.26. The Kier molecular flexibility index (Phi) is 8.44. The molecule has 0 heterocycles. The monoisotopic (exact) mass is 570 g/mol. The Labute approximate surface area is 231 Å². The third kappa shape index (κ3) is 6.15. The van der Waals surface area contributed by atoms with E-state index < -0.39 is 25.1 Å². The maximum Gasteiger partial charge on any atom is 0.423 e. The quantitative estimate of drug-likeness (QED) is 0.224. The van der Waals surface area contributed by atoms with Crippen LogP contribution in [0.15, 0.2) is 48.5 Å². The van der Waals surface area contributed by atoms with Gasteiger partial charge in [-0.15, -0.1) is 0 Å². The minimum Gasteiger partial charge on any atom is -0.489 e.